The number of hydrogen-bond acceptors (Lipinski definition) is 3. The van der Waals surface area contributed by atoms with Crippen LogP contribution in [0.1, 0.15) is 16.7 Å². The molecule has 4 heteroatoms. The number of rotatable bonds is 5. The number of benzene rings is 2. The molecule has 2 aromatic carbocycles. The maximum Gasteiger partial charge on any atom is 0.238 e. The first-order valence-electron chi connectivity index (χ1n) is 6.44. The molecular weight excluding hydrogens is 252 g/mol. The molecule has 3 N–H and O–H groups in total. The molecule has 0 fully saturated rings. The number of nitrogens with one attached hydrogen (secondary N) is 1. The maximum atomic E-state index is 11.4. The van der Waals surface area contributed by atoms with Crippen LogP contribution in [0.15, 0.2) is 48.5 Å². The van der Waals surface area contributed by atoms with Crippen LogP contribution in [-0.2, 0) is 17.8 Å². The van der Waals surface area contributed by atoms with Crippen LogP contribution in [0.25, 0.3) is 0 Å². The molecule has 1 amide bonds. The number of hydrazine groups is 1. The van der Waals surface area contributed by atoms with Gasteiger partial charge in [0.1, 0.15) is 12.4 Å². The summed E-state index contributed by atoms with van der Waals surface area (Å²) in [6.07, 6.45) is 0.254. The van der Waals surface area contributed by atoms with Crippen molar-refractivity contribution in [3.8, 4) is 5.75 Å². The zero-order valence-electron chi connectivity index (χ0n) is 11.4. The maximum absolute atomic E-state index is 11.4. The van der Waals surface area contributed by atoms with Crippen molar-refractivity contribution in [2.24, 2.45) is 5.84 Å². The zero-order chi connectivity index (χ0) is 14.4. The number of hydrogen-bond donors (Lipinski definition) is 2. The van der Waals surface area contributed by atoms with Gasteiger partial charge in [0.05, 0.1) is 6.42 Å². The Balaban J connectivity index is 2.07. The van der Waals surface area contributed by atoms with Gasteiger partial charge in [0.2, 0.25) is 5.91 Å². The average molecular weight is 270 g/mol. The summed E-state index contributed by atoms with van der Waals surface area (Å²) in [4.78, 5) is 11.4. The molecular formula is C16H18N2O2. The van der Waals surface area contributed by atoms with E-state index in [-0.39, 0.29) is 12.3 Å². The third kappa shape index (κ3) is 3.83. The first-order valence-corrected chi connectivity index (χ1v) is 6.44. The standard InChI is InChI=1S/C16H18N2O2/c1-12-5-4-8-15(9-12)20-11-14-7-3-2-6-13(14)10-16(19)18-17/h2-9H,10-11,17H2,1H3,(H,18,19). The van der Waals surface area contributed by atoms with Gasteiger partial charge in [0.25, 0.3) is 0 Å². The second-order valence-corrected chi connectivity index (χ2v) is 4.62. The van der Waals surface area contributed by atoms with Gasteiger partial charge in [-0.2, -0.15) is 0 Å². The lowest BCUT2D eigenvalue weighted by molar-refractivity contribution is -0.120. The van der Waals surface area contributed by atoms with E-state index in [0.717, 1.165) is 22.4 Å². The smallest absolute Gasteiger partial charge is 0.238 e. The van der Waals surface area contributed by atoms with Crippen molar-refractivity contribution in [3.63, 3.8) is 0 Å². The molecule has 0 radical (unpaired) electrons. The van der Waals surface area contributed by atoms with Gasteiger partial charge < -0.3 is 4.74 Å². The van der Waals surface area contributed by atoms with E-state index in [1.165, 1.54) is 0 Å². The second kappa shape index (κ2) is 6.73. The van der Waals surface area contributed by atoms with Gasteiger partial charge >= 0.3 is 0 Å². The van der Waals surface area contributed by atoms with Crippen LogP contribution >= 0.6 is 0 Å². The number of carbonyl (C=O) groups is 1. The lowest BCUT2D eigenvalue weighted by Crippen LogP contribution is -2.31. The van der Waals surface area contributed by atoms with Crippen molar-refractivity contribution < 1.29 is 9.53 Å². The molecule has 0 heterocycles. The van der Waals surface area contributed by atoms with Crippen LogP contribution in [0.4, 0.5) is 0 Å². The monoisotopic (exact) mass is 270 g/mol. The summed E-state index contributed by atoms with van der Waals surface area (Å²) in [5, 5.41) is 0. The molecule has 0 aromatic heterocycles. The van der Waals surface area contributed by atoms with Crippen molar-refractivity contribution in [2.45, 2.75) is 20.0 Å². The Morgan fingerprint density at radius 1 is 1.15 bits per heavy atom. The highest BCUT2D eigenvalue weighted by Crippen LogP contribution is 2.16. The molecule has 2 aromatic rings. The molecule has 0 aliphatic heterocycles. The van der Waals surface area contributed by atoms with Gasteiger partial charge in [0.15, 0.2) is 0 Å². The molecule has 20 heavy (non-hydrogen) atoms. The van der Waals surface area contributed by atoms with Crippen LogP contribution in [0.3, 0.4) is 0 Å². The van der Waals surface area contributed by atoms with Gasteiger partial charge in [-0.25, -0.2) is 5.84 Å². The third-order valence-electron chi connectivity index (χ3n) is 3.01. The van der Waals surface area contributed by atoms with Crippen LogP contribution in [-0.4, -0.2) is 5.91 Å². The molecule has 0 saturated heterocycles. The highest BCUT2D eigenvalue weighted by atomic mass is 16.5. The quantitative estimate of drug-likeness (QED) is 0.497. The van der Waals surface area contributed by atoms with Gasteiger partial charge in [0, 0.05) is 0 Å². The highest BCUT2D eigenvalue weighted by molar-refractivity contribution is 5.78. The Morgan fingerprint density at radius 3 is 2.60 bits per heavy atom. The van der Waals surface area contributed by atoms with Crippen molar-refractivity contribution >= 4 is 5.91 Å². The Labute approximate surface area is 118 Å². The summed E-state index contributed by atoms with van der Waals surface area (Å²) < 4.78 is 5.77. The summed E-state index contributed by atoms with van der Waals surface area (Å²) in [6, 6.07) is 15.6. The van der Waals surface area contributed by atoms with Crippen LogP contribution in [0, 0.1) is 6.92 Å². The molecule has 104 valence electrons. The summed E-state index contributed by atoms with van der Waals surface area (Å²) in [5.74, 6) is 5.73. The van der Waals surface area contributed by atoms with E-state index < -0.39 is 0 Å². The molecule has 4 nitrogen and oxygen atoms in total. The largest absolute Gasteiger partial charge is 0.489 e. The molecule has 0 bridgehead atoms. The number of nitrogens with two attached hydrogens (primary N) is 1. The van der Waals surface area contributed by atoms with Crippen LogP contribution in [0.5, 0.6) is 5.75 Å². The van der Waals surface area contributed by atoms with Gasteiger partial charge in [-0.3, -0.25) is 10.2 Å². The Bertz CT molecular complexity index is 597. The second-order valence-electron chi connectivity index (χ2n) is 4.62. The summed E-state index contributed by atoms with van der Waals surface area (Å²) in [5.41, 5.74) is 5.20. The predicted octanol–water partition coefficient (Wildman–Crippen LogP) is 2.11. The fourth-order valence-corrected chi connectivity index (χ4v) is 1.96. The highest BCUT2D eigenvalue weighted by Gasteiger charge is 2.07. The first-order chi connectivity index (χ1) is 9.69. The molecule has 2 rings (SSSR count). The van der Waals surface area contributed by atoms with E-state index in [4.69, 9.17) is 10.6 Å². The van der Waals surface area contributed by atoms with Crippen LogP contribution < -0.4 is 16.0 Å². The van der Waals surface area contributed by atoms with Crippen molar-refractivity contribution in [1.29, 1.82) is 0 Å². The molecule has 0 unspecified atom stereocenters. The SMILES string of the molecule is Cc1cccc(OCc2ccccc2CC(=O)NN)c1. The molecule has 0 aliphatic rings. The minimum Gasteiger partial charge on any atom is -0.489 e. The number of carbonyl (C=O) groups excluding carboxylic acids is 1. The molecule has 0 saturated carbocycles. The van der Waals surface area contributed by atoms with E-state index in [1.807, 2.05) is 55.5 Å². The van der Waals surface area contributed by atoms with Gasteiger partial charge in [-0.05, 0) is 35.7 Å². The lowest BCUT2D eigenvalue weighted by Gasteiger charge is -2.11. The van der Waals surface area contributed by atoms with E-state index in [0.29, 0.717) is 6.61 Å². The van der Waals surface area contributed by atoms with Crippen LogP contribution in [0.2, 0.25) is 0 Å². The van der Waals surface area contributed by atoms with E-state index in [1.54, 1.807) is 0 Å². The number of aryl methyl sites for hydroxylation is 1. The predicted molar refractivity (Wildman–Crippen MR) is 78.0 cm³/mol. The fourth-order valence-electron chi connectivity index (χ4n) is 1.96. The fraction of sp³-hybridized carbons (Fsp3) is 0.188. The van der Waals surface area contributed by atoms with Crippen molar-refractivity contribution in [1.82, 2.24) is 5.43 Å². The topological polar surface area (TPSA) is 64.3 Å². The number of amides is 1. The Hall–Kier alpha value is -2.33. The van der Waals surface area contributed by atoms with Gasteiger partial charge in [-0.15, -0.1) is 0 Å². The normalized spacial score (nSPS) is 10.1. The minimum atomic E-state index is -0.215. The van der Waals surface area contributed by atoms with E-state index >= 15 is 0 Å². The summed E-state index contributed by atoms with van der Waals surface area (Å²) in [7, 11) is 0. The lowest BCUT2D eigenvalue weighted by atomic mass is 10.1. The first kappa shape index (κ1) is 14.1. The number of ether oxygens (including phenoxy) is 1. The van der Waals surface area contributed by atoms with E-state index in [2.05, 4.69) is 5.43 Å². The zero-order valence-corrected chi connectivity index (χ0v) is 11.4. The summed E-state index contributed by atoms with van der Waals surface area (Å²) >= 11 is 0. The Kier molecular flexibility index (Phi) is 4.74. The van der Waals surface area contributed by atoms with E-state index in [9.17, 15) is 4.79 Å². The molecule has 0 atom stereocenters. The molecule has 0 spiro atoms. The minimum absolute atomic E-state index is 0.215. The Morgan fingerprint density at radius 2 is 1.90 bits per heavy atom. The van der Waals surface area contributed by atoms with Gasteiger partial charge in [-0.1, -0.05) is 36.4 Å². The third-order valence-corrected chi connectivity index (χ3v) is 3.01. The summed E-state index contributed by atoms with van der Waals surface area (Å²) in [6.45, 7) is 2.45. The molecule has 0 aliphatic carbocycles. The van der Waals surface area contributed by atoms with Crippen molar-refractivity contribution in [3.05, 3.63) is 65.2 Å². The van der Waals surface area contributed by atoms with Crippen molar-refractivity contribution in [2.75, 3.05) is 0 Å². The average Bonchev–Trinajstić information content (AvgIpc) is 2.46.